The first-order chi connectivity index (χ1) is 14.7. The maximum Gasteiger partial charge on any atom is 0.227 e. The van der Waals surface area contributed by atoms with Crippen LogP contribution in [0.3, 0.4) is 0 Å². The Balaban J connectivity index is 1.30. The van der Waals surface area contributed by atoms with Gasteiger partial charge in [0.2, 0.25) is 17.6 Å². The molecule has 4 rings (SSSR count). The third kappa shape index (κ3) is 5.06. The number of nitrogens with zero attached hydrogens (tertiary/aromatic N) is 3. The van der Waals surface area contributed by atoms with Crippen molar-refractivity contribution in [2.75, 3.05) is 20.2 Å². The standard InChI is InChI=1S/C24H27N3O3/c1-29-21-11-5-10-20(16-21)24-25-22(30-26-24)12-13-23(28)27-14-6-9-19(17-27)15-18-7-3-2-4-8-18/h2-5,7-8,10-11,16,19H,6,9,12-15,17H2,1H3/t19-/m1/s1. The molecule has 6 heteroatoms. The summed E-state index contributed by atoms with van der Waals surface area (Å²) in [5, 5.41) is 4.04. The zero-order valence-corrected chi connectivity index (χ0v) is 17.3. The van der Waals surface area contributed by atoms with Gasteiger partial charge in [-0.3, -0.25) is 4.79 Å². The van der Waals surface area contributed by atoms with Crippen LogP contribution in [0, 0.1) is 5.92 Å². The minimum absolute atomic E-state index is 0.161. The van der Waals surface area contributed by atoms with Crippen LogP contribution in [-0.2, 0) is 17.6 Å². The third-order valence-corrected chi connectivity index (χ3v) is 5.59. The molecule has 0 radical (unpaired) electrons. The Labute approximate surface area is 176 Å². The molecule has 0 unspecified atom stereocenters. The van der Waals surface area contributed by atoms with Crippen molar-refractivity contribution >= 4 is 5.91 Å². The first kappa shape index (κ1) is 20.1. The van der Waals surface area contributed by atoms with E-state index in [0.29, 0.717) is 30.5 Å². The summed E-state index contributed by atoms with van der Waals surface area (Å²) in [5.41, 5.74) is 2.17. The first-order valence-corrected chi connectivity index (χ1v) is 10.5. The Morgan fingerprint density at radius 2 is 2.07 bits per heavy atom. The molecule has 1 saturated heterocycles. The largest absolute Gasteiger partial charge is 0.497 e. The average Bonchev–Trinajstić information content (AvgIpc) is 3.27. The van der Waals surface area contributed by atoms with Gasteiger partial charge in [0.25, 0.3) is 0 Å². The quantitative estimate of drug-likeness (QED) is 0.590. The van der Waals surface area contributed by atoms with E-state index in [-0.39, 0.29) is 5.91 Å². The number of carbonyl (C=O) groups excluding carboxylic acids is 1. The maximum absolute atomic E-state index is 12.7. The normalized spacial score (nSPS) is 16.4. The van der Waals surface area contributed by atoms with Gasteiger partial charge in [-0.15, -0.1) is 0 Å². The van der Waals surface area contributed by atoms with Crippen LogP contribution in [0.5, 0.6) is 5.75 Å². The van der Waals surface area contributed by atoms with Crippen LogP contribution in [0.1, 0.15) is 30.7 Å². The molecule has 3 aromatic rings. The van der Waals surface area contributed by atoms with Gasteiger partial charge in [-0.2, -0.15) is 4.98 Å². The molecule has 1 atom stereocenters. The van der Waals surface area contributed by atoms with Gasteiger partial charge in [0, 0.05) is 31.5 Å². The molecular formula is C24H27N3O3. The summed E-state index contributed by atoms with van der Waals surface area (Å²) in [6, 6.07) is 18.0. The third-order valence-electron chi connectivity index (χ3n) is 5.59. The van der Waals surface area contributed by atoms with E-state index < -0.39 is 0 Å². The molecule has 2 heterocycles. The predicted octanol–water partition coefficient (Wildman–Crippen LogP) is 4.16. The van der Waals surface area contributed by atoms with Crippen molar-refractivity contribution < 1.29 is 14.1 Å². The van der Waals surface area contributed by atoms with Crippen molar-refractivity contribution in [3.05, 3.63) is 66.1 Å². The highest BCUT2D eigenvalue weighted by atomic mass is 16.5. The van der Waals surface area contributed by atoms with E-state index in [9.17, 15) is 4.79 Å². The Morgan fingerprint density at radius 3 is 2.90 bits per heavy atom. The van der Waals surface area contributed by atoms with Gasteiger partial charge in [-0.05, 0) is 42.9 Å². The second-order valence-corrected chi connectivity index (χ2v) is 7.78. The Bertz CT molecular complexity index is 971. The lowest BCUT2D eigenvalue weighted by atomic mass is 9.91. The second kappa shape index (κ2) is 9.57. The molecule has 1 aromatic heterocycles. The van der Waals surface area contributed by atoms with Gasteiger partial charge in [0.1, 0.15) is 5.75 Å². The number of aryl methyl sites for hydroxylation is 1. The number of amides is 1. The molecule has 0 bridgehead atoms. The fourth-order valence-electron chi connectivity index (χ4n) is 4.01. The van der Waals surface area contributed by atoms with Gasteiger partial charge in [-0.1, -0.05) is 47.6 Å². The van der Waals surface area contributed by atoms with Gasteiger partial charge in [0.05, 0.1) is 7.11 Å². The van der Waals surface area contributed by atoms with Gasteiger partial charge in [-0.25, -0.2) is 0 Å². The lowest BCUT2D eigenvalue weighted by Crippen LogP contribution is -2.40. The smallest absolute Gasteiger partial charge is 0.227 e. The van der Waals surface area contributed by atoms with Gasteiger partial charge < -0.3 is 14.2 Å². The van der Waals surface area contributed by atoms with Crippen molar-refractivity contribution in [3.8, 4) is 17.1 Å². The highest BCUT2D eigenvalue weighted by Gasteiger charge is 2.24. The van der Waals surface area contributed by atoms with Crippen LogP contribution < -0.4 is 4.74 Å². The number of methoxy groups -OCH3 is 1. The molecular weight excluding hydrogens is 378 g/mol. The Morgan fingerprint density at radius 1 is 1.20 bits per heavy atom. The van der Waals surface area contributed by atoms with E-state index in [2.05, 4.69) is 34.4 Å². The summed E-state index contributed by atoms with van der Waals surface area (Å²) in [6.07, 6.45) is 4.10. The fourth-order valence-corrected chi connectivity index (χ4v) is 4.01. The van der Waals surface area contributed by atoms with Crippen LogP contribution in [-0.4, -0.2) is 41.1 Å². The minimum atomic E-state index is 0.161. The van der Waals surface area contributed by atoms with Crippen LogP contribution in [0.4, 0.5) is 0 Å². The fraction of sp³-hybridized carbons (Fsp3) is 0.375. The molecule has 0 spiro atoms. The zero-order valence-electron chi connectivity index (χ0n) is 17.3. The highest BCUT2D eigenvalue weighted by Crippen LogP contribution is 2.23. The number of rotatable bonds is 7. The van der Waals surface area contributed by atoms with E-state index in [1.54, 1.807) is 7.11 Å². The first-order valence-electron chi connectivity index (χ1n) is 10.5. The van der Waals surface area contributed by atoms with Crippen LogP contribution in [0.15, 0.2) is 59.1 Å². The van der Waals surface area contributed by atoms with Crippen molar-refractivity contribution in [1.82, 2.24) is 15.0 Å². The van der Waals surface area contributed by atoms with Crippen molar-refractivity contribution in [1.29, 1.82) is 0 Å². The number of hydrogen-bond acceptors (Lipinski definition) is 5. The van der Waals surface area contributed by atoms with Crippen molar-refractivity contribution in [2.45, 2.75) is 32.1 Å². The number of ether oxygens (including phenoxy) is 1. The zero-order chi connectivity index (χ0) is 20.8. The minimum Gasteiger partial charge on any atom is -0.497 e. The topological polar surface area (TPSA) is 68.5 Å². The molecule has 30 heavy (non-hydrogen) atoms. The summed E-state index contributed by atoms with van der Waals surface area (Å²) in [4.78, 5) is 19.2. The van der Waals surface area contributed by atoms with Crippen LogP contribution in [0.25, 0.3) is 11.4 Å². The second-order valence-electron chi connectivity index (χ2n) is 7.78. The predicted molar refractivity (Wildman–Crippen MR) is 114 cm³/mol. The van der Waals surface area contributed by atoms with E-state index >= 15 is 0 Å². The molecule has 156 valence electrons. The lowest BCUT2D eigenvalue weighted by Gasteiger charge is -2.33. The van der Waals surface area contributed by atoms with Crippen molar-refractivity contribution in [2.24, 2.45) is 5.92 Å². The summed E-state index contributed by atoms with van der Waals surface area (Å²) in [6.45, 7) is 1.66. The number of carbonyl (C=O) groups is 1. The molecule has 0 N–H and O–H groups in total. The van der Waals surface area contributed by atoms with Crippen LogP contribution in [0.2, 0.25) is 0 Å². The molecule has 1 aliphatic heterocycles. The lowest BCUT2D eigenvalue weighted by molar-refractivity contribution is -0.133. The SMILES string of the molecule is COc1cccc(-c2noc(CCC(=O)N3CCC[C@H](Cc4ccccc4)C3)n2)c1. The number of hydrogen-bond donors (Lipinski definition) is 0. The number of benzene rings is 2. The van der Waals surface area contributed by atoms with E-state index in [4.69, 9.17) is 9.26 Å². The molecule has 1 fully saturated rings. The summed E-state index contributed by atoms with van der Waals surface area (Å²) >= 11 is 0. The average molecular weight is 405 g/mol. The summed E-state index contributed by atoms with van der Waals surface area (Å²) in [5.74, 6) is 2.42. The maximum atomic E-state index is 12.7. The van der Waals surface area contributed by atoms with Gasteiger partial charge >= 0.3 is 0 Å². The number of aromatic nitrogens is 2. The number of likely N-dealkylation sites (tertiary alicyclic amines) is 1. The van der Waals surface area contributed by atoms with Crippen LogP contribution >= 0.6 is 0 Å². The Kier molecular flexibility index (Phi) is 6.42. The van der Waals surface area contributed by atoms with E-state index in [1.807, 2.05) is 35.2 Å². The molecule has 1 aliphatic rings. The van der Waals surface area contributed by atoms with E-state index in [0.717, 1.165) is 37.2 Å². The Hall–Kier alpha value is -3.15. The number of piperidine rings is 1. The van der Waals surface area contributed by atoms with Gasteiger partial charge in [0.15, 0.2) is 0 Å². The molecule has 0 saturated carbocycles. The molecule has 2 aromatic carbocycles. The summed E-state index contributed by atoms with van der Waals surface area (Å²) < 4.78 is 10.6. The monoisotopic (exact) mass is 405 g/mol. The summed E-state index contributed by atoms with van der Waals surface area (Å²) in [7, 11) is 1.62. The molecule has 0 aliphatic carbocycles. The van der Waals surface area contributed by atoms with Crippen molar-refractivity contribution in [3.63, 3.8) is 0 Å². The van der Waals surface area contributed by atoms with E-state index in [1.165, 1.54) is 12.0 Å². The molecule has 1 amide bonds. The highest BCUT2D eigenvalue weighted by molar-refractivity contribution is 5.76. The molecule has 6 nitrogen and oxygen atoms in total.